The first-order valence-electron chi connectivity index (χ1n) is 7.32. The van der Waals surface area contributed by atoms with Crippen molar-refractivity contribution in [2.45, 2.75) is 0 Å². The van der Waals surface area contributed by atoms with Crippen LogP contribution in [-0.4, -0.2) is 26.5 Å². The lowest BCUT2D eigenvalue weighted by Gasteiger charge is -2.08. The lowest BCUT2D eigenvalue weighted by molar-refractivity contribution is 0.413. The van der Waals surface area contributed by atoms with Gasteiger partial charge in [0.05, 0.1) is 23.9 Å². The molecule has 0 aliphatic rings. The zero-order valence-electron chi connectivity index (χ0n) is 13.0. The second-order valence-corrected chi connectivity index (χ2v) is 6.42. The number of hydrogen-bond acceptors (Lipinski definition) is 6. The number of methoxy groups -OCH3 is 1. The van der Waals surface area contributed by atoms with Gasteiger partial charge in [0, 0.05) is 17.8 Å². The molecular weight excluding hydrogens is 360 g/mol. The Morgan fingerprint density at radius 3 is 2.72 bits per heavy atom. The van der Waals surface area contributed by atoms with Gasteiger partial charge in [0.1, 0.15) is 5.69 Å². The molecule has 0 amide bonds. The molecule has 8 heteroatoms. The highest BCUT2D eigenvalue weighted by Gasteiger charge is 2.22. The fraction of sp³-hybridized carbons (Fsp3) is 0.0588. The van der Waals surface area contributed by atoms with Crippen LogP contribution in [-0.2, 0) is 0 Å². The monoisotopic (exact) mass is 370 g/mol. The van der Waals surface area contributed by atoms with E-state index in [9.17, 15) is 4.79 Å². The third kappa shape index (κ3) is 2.67. The minimum atomic E-state index is -0.162. The second-order valence-electron chi connectivity index (χ2n) is 5.10. The van der Waals surface area contributed by atoms with Gasteiger partial charge in [-0.2, -0.15) is 0 Å². The van der Waals surface area contributed by atoms with Crippen molar-refractivity contribution in [2.24, 2.45) is 0 Å². The Bertz CT molecular complexity index is 1120. The molecule has 0 unspecified atom stereocenters. The molecule has 0 N–H and O–H groups in total. The van der Waals surface area contributed by atoms with Gasteiger partial charge < -0.3 is 4.74 Å². The average Bonchev–Trinajstić information content (AvgIpc) is 3.03. The summed E-state index contributed by atoms with van der Waals surface area (Å²) in [4.78, 5) is 26.4. The first kappa shape index (κ1) is 15.7. The van der Waals surface area contributed by atoms with Crippen molar-refractivity contribution in [2.75, 3.05) is 7.11 Å². The second kappa shape index (κ2) is 6.27. The Morgan fingerprint density at radius 1 is 1.16 bits per heavy atom. The Morgan fingerprint density at radius 2 is 1.96 bits per heavy atom. The summed E-state index contributed by atoms with van der Waals surface area (Å²) in [6, 6.07) is 11.0. The number of nitrogens with zero attached hydrogens (tertiary/aromatic N) is 4. The summed E-state index contributed by atoms with van der Waals surface area (Å²) in [5.74, 6) is 0.473. The van der Waals surface area contributed by atoms with E-state index in [1.165, 1.54) is 36.9 Å². The summed E-state index contributed by atoms with van der Waals surface area (Å²) in [6.45, 7) is 0. The third-order valence-electron chi connectivity index (χ3n) is 3.65. The molecule has 0 radical (unpaired) electrons. The van der Waals surface area contributed by atoms with E-state index in [4.69, 9.17) is 16.3 Å². The maximum atomic E-state index is 12.5. The minimum Gasteiger partial charge on any atom is -0.493 e. The van der Waals surface area contributed by atoms with Crippen LogP contribution in [0.1, 0.15) is 0 Å². The van der Waals surface area contributed by atoms with Crippen LogP contribution in [0.2, 0.25) is 5.28 Å². The van der Waals surface area contributed by atoms with E-state index in [0.717, 1.165) is 10.4 Å². The van der Waals surface area contributed by atoms with Crippen LogP contribution in [0.3, 0.4) is 0 Å². The lowest BCUT2D eigenvalue weighted by atomic mass is 10.1. The molecule has 3 aromatic heterocycles. The van der Waals surface area contributed by atoms with E-state index >= 15 is 0 Å². The largest absolute Gasteiger partial charge is 0.493 e. The van der Waals surface area contributed by atoms with Crippen molar-refractivity contribution in [3.05, 3.63) is 64.4 Å². The van der Waals surface area contributed by atoms with Crippen LogP contribution in [0.5, 0.6) is 5.75 Å². The standard InChI is InChI=1S/C17H11ClN4O2S/c1-24-11-9-20-16(18)21-13(11)15-14(10-5-3-2-4-6-10)22-12(23)7-8-19-17(22)25-15/h2-9H,1H3. The van der Waals surface area contributed by atoms with E-state index in [0.29, 0.717) is 22.1 Å². The van der Waals surface area contributed by atoms with Gasteiger partial charge in [-0.05, 0) is 11.6 Å². The Labute approximate surface area is 151 Å². The van der Waals surface area contributed by atoms with Crippen LogP contribution in [0, 0.1) is 0 Å². The molecule has 25 heavy (non-hydrogen) atoms. The first-order valence-corrected chi connectivity index (χ1v) is 8.51. The number of thiazole rings is 1. The van der Waals surface area contributed by atoms with Gasteiger partial charge >= 0.3 is 0 Å². The summed E-state index contributed by atoms with van der Waals surface area (Å²) in [6.07, 6.45) is 3.01. The molecule has 1 aromatic carbocycles. The molecule has 0 aliphatic carbocycles. The van der Waals surface area contributed by atoms with Crippen LogP contribution in [0.15, 0.2) is 53.6 Å². The van der Waals surface area contributed by atoms with Gasteiger partial charge in [-0.15, -0.1) is 0 Å². The summed E-state index contributed by atoms with van der Waals surface area (Å²) >= 11 is 7.34. The highest BCUT2D eigenvalue weighted by molar-refractivity contribution is 7.20. The topological polar surface area (TPSA) is 69.4 Å². The summed E-state index contributed by atoms with van der Waals surface area (Å²) in [7, 11) is 1.54. The highest BCUT2D eigenvalue weighted by atomic mass is 35.5. The molecule has 4 rings (SSSR count). The van der Waals surface area contributed by atoms with Gasteiger partial charge in [0.25, 0.3) is 5.56 Å². The molecule has 0 fully saturated rings. The molecule has 3 heterocycles. The molecule has 0 spiro atoms. The van der Waals surface area contributed by atoms with Crippen LogP contribution in [0.25, 0.3) is 26.8 Å². The van der Waals surface area contributed by atoms with Gasteiger partial charge in [-0.25, -0.2) is 15.0 Å². The van der Waals surface area contributed by atoms with E-state index in [1.54, 1.807) is 4.40 Å². The Hall–Kier alpha value is -2.77. The molecule has 0 bridgehead atoms. The normalized spacial score (nSPS) is 11.0. The molecule has 0 saturated heterocycles. The molecule has 124 valence electrons. The van der Waals surface area contributed by atoms with Crippen molar-refractivity contribution in [3.63, 3.8) is 0 Å². The van der Waals surface area contributed by atoms with Gasteiger partial charge in [0.2, 0.25) is 5.28 Å². The van der Waals surface area contributed by atoms with Gasteiger partial charge in [-0.1, -0.05) is 41.7 Å². The number of ether oxygens (including phenoxy) is 1. The number of halogens is 1. The zero-order valence-corrected chi connectivity index (χ0v) is 14.6. The zero-order chi connectivity index (χ0) is 17.4. The van der Waals surface area contributed by atoms with Crippen molar-refractivity contribution in [1.29, 1.82) is 0 Å². The van der Waals surface area contributed by atoms with E-state index in [1.807, 2.05) is 30.3 Å². The quantitative estimate of drug-likeness (QED) is 0.516. The Kier molecular flexibility index (Phi) is 3.95. The van der Waals surface area contributed by atoms with E-state index in [-0.39, 0.29) is 10.8 Å². The summed E-state index contributed by atoms with van der Waals surface area (Å²) < 4.78 is 6.96. The number of benzene rings is 1. The highest BCUT2D eigenvalue weighted by Crippen LogP contribution is 2.41. The Balaban J connectivity index is 2.14. The van der Waals surface area contributed by atoms with Crippen LogP contribution < -0.4 is 10.3 Å². The average molecular weight is 371 g/mol. The number of fused-ring (bicyclic) bond motifs is 1. The molecule has 6 nitrogen and oxygen atoms in total. The van der Waals surface area contributed by atoms with Crippen LogP contribution >= 0.6 is 22.9 Å². The maximum Gasteiger partial charge on any atom is 0.258 e. The molecule has 0 saturated carbocycles. The number of aromatic nitrogens is 4. The van der Waals surface area contributed by atoms with E-state index < -0.39 is 0 Å². The number of rotatable bonds is 3. The van der Waals surface area contributed by atoms with Crippen molar-refractivity contribution >= 4 is 27.9 Å². The fourth-order valence-corrected chi connectivity index (χ4v) is 3.84. The molecule has 4 aromatic rings. The minimum absolute atomic E-state index is 0.104. The van der Waals surface area contributed by atoms with Crippen LogP contribution in [0.4, 0.5) is 0 Å². The fourth-order valence-electron chi connectivity index (χ4n) is 2.59. The van der Waals surface area contributed by atoms with E-state index in [2.05, 4.69) is 15.0 Å². The SMILES string of the molecule is COc1cnc(Cl)nc1-c1sc2nccc(=O)n2c1-c1ccccc1. The maximum absolute atomic E-state index is 12.5. The molecule has 0 atom stereocenters. The van der Waals surface area contributed by atoms with Gasteiger partial charge in [0.15, 0.2) is 10.7 Å². The van der Waals surface area contributed by atoms with Gasteiger partial charge in [-0.3, -0.25) is 9.20 Å². The smallest absolute Gasteiger partial charge is 0.258 e. The van der Waals surface area contributed by atoms with Crippen molar-refractivity contribution in [1.82, 2.24) is 19.4 Å². The summed E-state index contributed by atoms with van der Waals surface area (Å²) in [5, 5.41) is 0.104. The summed E-state index contributed by atoms with van der Waals surface area (Å²) in [5.41, 5.74) is 1.93. The molecule has 0 aliphatic heterocycles. The van der Waals surface area contributed by atoms with Crippen molar-refractivity contribution in [3.8, 4) is 27.6 Å². The molecular formula is C17H11ClN4O2S. The predicted molar refractivity (Wildman–Crippen MR) is 97.4 cm³/mol. The van der Waals surface area contributed by atoms with Crippen molar-refractivity contribution < 1.29 is 4.74 Å². The first-order chi connectivity index (χ1) is 12.2. The lowest BCUT2D eigenvalue weighted by Crippen LogP contribution is -2.12. The third-order valence-corrected chi connectivity index (χ3v) is 4.90. The number of hydrogen-bond donors (Lipinski definition) is 0. The predicted octanol–water partition coefficient (Wildman–Crippen LogP) is 3.54.